The maximum Gasteiger partial charge on any atom is 0.326 e. The fourth-order valence-corrected chi connectivity index (χ4v) is 4.61. The van der Waals surface area contributed by atoms with Crippen molar-refractivity contribution in [1.82, 2.24) is 16.0 Å². The molecule has 0 aromatic heterocycles. The van der Waals surface area contributed by atoms with E-state index in [4.69, 9.17) is 11.5 Å². The van der Waals surface area contributed by atoms with Gasteiger partial charge in [0.2, 0.25) is 17.7 Å². The van der Waals surface area contributed by atoms with Gasteiger partial charge in [0.15, 0.2) is 0 Å². The second-order valence-corrected chi connectivity index (χ2v) is 10.8. The highest BCUT2D eigenvalue weighted by atomic mass is 16.4. The van der Waals surface area contributed by atoms with Crippen LogP contribution < -0.4 is 27.4 Å². The Morgan fingerprint density at radius 2 is 1.21 bits per heavy atom. The highest BCUT2D eigenvalue weighted by Gasteiger charge is 2.29. The van der Waals surface area contributed by atoms with Crippen molar-refractivity contribution in [1.29, 1.82) is 0 Å². The second kappa shape index (κ2) is 22.6. The SMILES string of the molecule is CCCCCC[C@H](NC(=O)[C@H](CCCCN)NC(=O)[C@H](CO)NC(=O)Cc1ccc(CCCCCCN)cc1)C(=O)O. The van der Waals surface area contributed by atoms with E-state index < -0.39 is 48.4 Å². The average Bonchev–Trinajstić information content (AvgIpc) is 2.97. The van der Waals surface area contributed by atoms with Crippen molar-refractivity contribution in [2.75, 3.05) is 19.7 Å². The summed E-state index contributed by atoms with van der Waals surface area (Å²) >= 11 is 0. The number of carbonyl (C=O) groups excluding carboxylic acids is 3. The summed E-state index contributed by atoms with van der Waals surface area (Å²) in [5, 5.41) is 27.1. The van der Waals surface area contributed by atoms with E-state index in [0.29, 0.717) is 32.4 Å². The third-order valence-electron chi connectivity index (χ3n) is 7.18. The summed E-state index contributed by atoms with van der Waals surface area (Å²) in [5.74, 6) is -2.92. The number of nitrogens with one attached hydrogen (secondary N) is 3. The van der Waals surface area contributed by atoms with Gasteiger partial charge in [-0.2, -0.15) is 0 Å². The maximum atomic E-state index is 13.0. The number of carboxylic acids is 1. The van der Waals surface area contributed by atoms with E-state index in [-0.39, 0.29) is 19.3 Å². The van der Waals surface area contributed by atoms with Crippen LogP contribution in [0.4, 0.5) is 0 Å². The zero-order chi connectivity index (χ0) is 31.2. The number of hydrogen-bond donors (Lipinski definition) is 7. The molecule has 42 heavy (non-hydrogen) atoms. The van der Waals surface area contributed by atoms with Crippen LogP contribution in [0.3, 0.4) is 0 Å². The Bertz CT molecular complexity index is 927. The molecule has 0 unspecified atom stereocenters. The molecular formula is C31H53N5O6. The van der Waals surface area contributed by atoms with Crippen LogP contribution in [0, 0.1) is 0 Å². The Balaban J connectivity index is 2.72. The van der Waals surface area contributed by atoms with Gasteiger partial charge in [0.05, 0.1) is 13.0 Å². The van der Waals surface area contributed by atoms with Gasteiger partial charge in [-0.05, 0) is 69.2 Å². The number of aliphatic hydroxyl groups is 1. The molecule has 0 saturated heterocycles. The minimum absolute atomic E-state index is 0.0271. The second-order valence-electron chi connectivity index (χ2n) is 10.8. The quantitative estimate of drug-likeness (QED) is 0.0885. The Morgan fingerprint density at radius 3 is 1.83 bits per heavy atom. The molecule has 1 aromatic carbocycles. The van der Waals surface area contributed by atoms with Crippen molar-refractivity contribution in [3.05, 3.63) is 35.4 Å². The molecule has 0 aliphatic carbocycles. The summed E-state index contributed by atoms with van der Waals surface area (Å²) in [6.07, 6.45) is 10.5. The van der Waals surface area contributed by atoms with Crippen molar-refractivity contribution in [2.24, 2.45) is 11.5 Å². The van der Waals surface area contributed by atoms with E-state index in [2.05, 4.69) is 22.9 Å². The smallest absolute Gasteiger partial charge is 0.326 e. The summed E-state index contributed by atoms with van der Waals surface area (Å²) in [5.41, 5.74) is 13.1. The molecular weight excluding hydrogens is 538 g/mol. The Morgan fingerprint density at radius 1 is 0.690 bits per heavy atom. The first-order valence-corrected chi connectivity index (χ1v) is 15.5. The number of carboxylic acid groups (broad SMARTS) is 1. The van der Waals surface area contributed by atoms with E-state index >= 15 is 0 Å². The number of nitrogens with two attached hydrogens (primary N) is 2. The standard InChI is InChI=1S/C31H53N5O6/c1-2-3-4-8-14-26(31(41)42)36-29(39)25(13-9-11-20-33)35-30(40)27(22-37)34-28(38)21-24-17-15-23(16-18-24)12-7-5-6-10-19-32/h15-18,25-27,37H,2-14,19-22,32-33H2,1H3,(H,34,38)(H,35,40)(H,36,39)(H,41,42)/t25-,26-,27-/m0/s1. The Kier molecular flexibility index (Phi) is 19.9. The molecule has 9 N–H and O–H groups in total. The maximum absolute atomic E-state index is 13.0. The molecule has 11 heteroatoms. The number of rotatable bonds is 24. The number of aliphatic carboxylic acids is 1. The van der Waals surface area contributed by atoms with Gasteiger partial charge in [-0.15, -0.1) is 0 Å². The molecule has 11 nitrogen and oxygen atoms in total. The molecule has 1 rings (SSSR count). The summed E-state index contributed by atoms with van der Waals surface area (Å²) < 4.78 is 0. The summed E-state index contributed by atoms with van der Waals surface area (Å²) in [7, 11) is 0. The van der Waals surface area contributed by atoms with Crippen molar-refractivity contribution in [2.45, 2.75) is 115 Å². The van der Waals surface area contributed by atoms with Crippen LogP contribution in [0.15, 0.2) is 24.3 Å². The van der Waals surface area contributed by atoms with E-state index in [0.717, 1.165) is 56.9 Å². The first-order valence-electron chi connectivity index (χ1n) is 15.5. The number of carbonyl (C=O) groups is 4. The molecule has 0 radical (unpaired) electrons. The molecule has 0 aliphatic rings. The number of hydrogen-bond acceptors (Lipinski definition) is 7. The molecule has 0 aliphatic heterocycles. The lowest BCUT2D eigenvalue weighted by molar-refractivity contribution is -0.142. The van der Waals surface area contributed by atoms with Gasteiger partial charge in [0.25, 0.3) is 0 Å². The predicted octanol–water partition coefficient (Wildman–Crippen LogP) is 1.92. The van der Waals surface area contributed by atoms with Crippen molar-refractivity contribution in [3.63, 3.8) is 0 Å². The first kappa shape index (κ1) is 37.0. The highest BCUT2D eigenvalue weighted by molar-refractivity contribution is 5.93. The normalized spacial score (nSPS) is 13.1. The number of aliphatic hydroxyl groups excluding tert-OH is 1. The third-order valence-corrected chi connectivity index (χ3v) is 7.18. The molecule has 1 aromatic rings. The average molecular weight is 592 g/mol. The van der Waals surface area contributed by atoms with E-state index in [1.807, 2.05) is 24.3 Å². The van der Waals surface area contributed by atoms with Gasteiger partial charge in [-0.3, -0.25) is 14.4 Å². The van der Waals surface area contributed by atoms with Crippen LogP contribution in [-0.2, 0) is 32.0 Å². The Hall–Kier alpha value is -3.02. The number of amides is 3. The van der Waals surface area contributed by atoms with Crippen LogP contribution in [0.25, 0.3) is 0 Å². The number of benzene rings is 1. The zero-order valence-corrected chi connectivity index (χ0v) is 25.2. The molecule has 0 heterocycles. The van der Waals surface area contributed by atoms with Crippen LogP contribution in [0.2, 0.25) is 0 Å². The number of unbranched alkanes of at least 4 members (excludes halogenated alkanes) is 7. The lowest BCUT2D eigenvalue weighted by Gasteiger charge is -2.24. The van der Waals surface area contributed by atoms with Crippen molar-refractivity contribution < 1.29 is 29.4 Å². The minimum atomic E-state index is -1.26. The third kappa shape index (κ3) is 15.8. The predicted molar refractivity (Wildman–Crippen MR) is 164 cm³/mol. The molecule has 238 valence electrons. The van der Waals surface area contributed by atoms with Gasteiger partial charge in [-0.1, -0.05) is 69.7 Å². The monoisotopic (exact) mass is 591 g/mol. The molecule has 3 amide bonds. The van der Waals surface area contributed by atoms with Crippen molar-refractivity contribution in [3.8, 4) is 0 Å². The molecule has 0 bridgehead atoms. The molecule has 0 fully saturated rings. The van der Waals surface area contributed by atoms with Gasteiger partial charge >= 0.3 is 5.97 Å². The topological polar surface area (TPSA) is 197 Å². The van der Waals surface area contributed by atoms with E-state index in [1.165, 1.54) is 5.56 Å². The lowest BCUT2D eigenvalue weighted by atomic mass is 10.0. The van der Waals surface area contributed by atoms with Gasteiger partial charge in [-0.25, -0.2) is 4.79 Å². The van der Waals surface area contributed by atoms with E-state index in [1.54, 1.807) is 0 Å². The largest absolute Gasteiger partial charge is 0.480 e. The van der Waals surface area contributed by atoms with Crippen LogP contribution >= 0.6 is 0 Å². The van der Waals surface area contributed by atoms with Crippen LogP contribution in [0.1, 0.15) is 95.1 Å². The minimum Gasteiger partial charge on any atom is -0.480 e. The molecule has 0 saturated carbocycles. The van der Waals surface area contributed by atoms with Gasteiger partial charge in [0.1, 0.15) is 18.1 Å². The Labute approximate surface area is 250 Å². The highest BCUT2D eigenvalue weighted by Crippen LogP contribution is 2.11. The summed E-state index contributed by atoms with van der Waals surface area (Å²) in [6, 6.07) is 4.36. The van der Waals surface area contributed by atoms with E-state index in [9.17, 15) is 29.4 Å². The molecule has 0 spiro atoms. The lowest BCUT2D eigenvalue weighted by Crippen LogP contribution is -2.56. The number of aryl methyl sites for hydroxylation is 1. The summed E-state index contributed by atoms with van der Waals surface area (Å²) in [4.78, 5) is 50.4. The fourth-order valence-electron chi connectivity index (χ4n) is 4.61. The van der Waals surface area contributed by atoms with Crippen molar-refractivity contribution >= 4 is 23.7 Å². The van der Waals surface area contributed by atoms with Gasteiger partial charge < -0.3 is 37.6 Å². The van der Waals surface area contributed by atoms with Gasteiger partial charge in [0, 0.05) is 0 Å². The summed E-state index contributed by atoms with van der Waals surface area (Å²) in [6.45, 7) is 2.51. The van der Waals surface area contributed by atoms with Crippen LogP contribution in [0.5, 0.6) is 0 Å². The van der Waals surface area contributed by atoms with Crippen LogP contribution in [-0.4, -0.2) is 71.7 Å². The molecule has 3 atom stereocenters. The fraction of sp³-hybridized carbons (Fsp3) is 0.677. The first-order chi connectivity index (χ1) is 20.2. The zero-order valence-electron chi connectivity index (χ0n) is 25.2.